The van der Waals surface area contributed by atoms with Gasteiger partial charge >= 0.3 is 0 Å². The summed E-state index contributed by atoms with van der Waals surface area (Å²) in [6.45, 7) is 4.63. The fraction of sp³-hybridized carbons (Fsp3) is 0.500. The Morgan fingerprint density at radius 3 is 2.54 bits per heavy atom. The van der Waals surface area contributed by atoms with Crippen LogP contribution in [0, 0.1) is 0 Å². The molecule has 1 saturated heterocycles. The molecule has 2 aliphatic rings. The number of halogens is 1. The number of amides is 1. The fourth-order valence-corrected chi connectivity index (χ4v) is 3.16. The number of piperazine rings is 1. The minimum atomic E-state index is 0.144. The van der Waals surface area contributed by atoms with Gasteiger partial charge in [-0.3, -0.25) is 14.6 Å². The van der Waals surface area contributed by atoms with Gasteiger partial charge in [-0.15, -0.1) is 0 Å². The fourth-order valence-electron chi connectivity index (χ4n) is 3.04. The van der Waals surface area contributed by atoms with Gasteiger partial charge in [-0.25, -0.2) is 0 Å². The average Bonchev–Trinajstić information content (AvgIpc) is 3.32. The zero-order valence-corrected chi connectivity index (χ0v) is 15.3. The van der Waals surface area contributed by atoms with E-state index < -0.39 is 0 Å². The summed E-state index contributed by atoms with van der Waals surface area (Å²) in [5.41, 5.74) is 0.885. The number of hydrogen-bond acceptors (Lipinski definition) is 6. The molecule has 1 aromatic carbocycles. The molecule has 2 aromatic rings. The Hall–Kier alpha value is -1.96. The Balaban J connectivity index is 1.25. The highest BCUT2D eigenvalue weighted by atomic mass is 35.5. The lowest BCUT2D eigenvalue weighted by molar-refractivity contribution is -0.122. The van der Waals surface area contributed by atoms with E-state index in [1.165, 1.54) is 0 Å². The normalized spacial score (nSPS) is 18.8. The standard InChI is InChI=1S/C18H22ClN5O2/c19-14-3-1-13(2-4-14)18-21-17(26-22-18)12-24-9-7-23(8-10-24)11-16(25)20-15-5-6-15/h1-4,15H,5-12H2,(H,20,25). The monoisotopic (exact) mass is 375 g/mol. The SMILES string of the molecule is O=C(CN1CCN(Cc2nc(-c3ccc(Cl)cc3)no2)CC1)NC1CC1. The molecule has 1 aliphatic carbocycles. The van der Waals surface area contributed by atoms with Crippen molar-refractivity contribution in [3.05, 3.63) is 35.2 Å². The van der Waals surface area contributed by atoms with E-state index in [4.69, 9.17) is 16.1 Å². The van der Waals surface area contributed by atoms with E-state index >= 15 is 0 Å². The molecule has 1 aromatic heterocycles. The van der Waals surface area contributed by atoms with Crippen molar-refractivity contribution < 1.29 is 9.32 Å². The highest BCUT2D eigenvalue weighted by Gasteiger charge is 2.25. The van der Waals surface area contributed by atoms with Gasteiger partial charge in [-0.1, -0.05) is 16.8 Å². The maximum atomic E-state index is 11.9. The molecule has 0 bridgehead atoms. The Bertz CT molecular complexity index is 751. The van der Waals surface area contributed by atoms with Crippen LogP contribution in [0.3, 0.4) is 0 Å². The minimum Gasteiger partial charge on any atom is -0.352 e. The van der Waals surface area contributed by atoms with Gasteiger partial charge in [0.25, 0.3) is 0 Å². The lowest BCUT2D eigenvalue weighted by atomic mass is 10.2. The van der Waals surface area contributed by atoms with Gasteiger partial charge in [0.05, 0.1) is 13.1 Å². The maximum Gasteiger partial charge on any atom is 0.241 e. The van der Waals surface area contributed by atoms with Gasteiger partial charge in [0, 0.05) is 42.8 Å². The van der Waals surface area contributed by atoms with Gasteiger partial charge in [-0.05, 0) is 37.1 Å². The molecule has 0 radical (unpaired) electrons. The summed E-state index contributed by atoms with van der Waals surface area (Å²) in [6.07, 6.45) is 2.25. The van der Waals surface area contributed by atoms with Gasteiger partial charge in [0.15, 0.2) is 0 Å². The van der Waals surface area contributed by atoms with Crippen LogP contribution in [0.1, 0.15) is 18.7 Å². The Morgan fingerprint density at radius 2 is 1.85 bits per heavy atom. The van der Waals surface area contributed by atoms with Crippen LogP contribution in [0.2, 0.25) is 5.02 Å². The van der Waals surface area contributed by atoms with Gasteiger partial charge in [0.1, 0.15) is 0 Å². The van der Waals surface area contributed by atoms with E-state index in [1.54, 1.807) is 0 Å². The molecule has 1 amide bonds. The first kappa shape index (κ1) is 17.5. The number of carbonyl (C=O) groups is 1. The van der Waals surface area contributed by atoms with Crippen molar-refractivity contribution in [2.24, 2.45) is 0 Å². The highest BCUT2D eigenvalue weighted by Crippen LogP contribution is 2.20. The number of aromatic nitrogens is 2. The molecule has 0 atom stereocenters. The van der Waals surface area contributed by atoms with E-state index in [0.29, 0.717) is 35.9 Å². The Morgan fingerprint density at radius 1 is 1.15 bits per heavy atom. The van der Waals surface area contributed by atoms with Crippen molar-refractivity contribution >= 4 is 17.5 Å². The second kappa shape index (κ2) is 7.73. The number of nitrogens with zero attached hydrogens (tertiary/aromatic N) is 4. The number of rotatable bonds is 6. The molecule has 1 saturated carbocycles. The van der Waals surface area contributed by atoms with Crippen molar-refractivity contribution in [1.29, 1.82) is 0 Å². The van der Waals surface area contributed by atoms with E-state index in [0.717, 1.165) is 44.6 Å². The lowest BCUT2D eigenvalue weighted by Gasteiger charge is -2.33. The van der Waals surface area contributed by atoms with Crippen molar-refractivity contribution in [3.8, 4) is 11.4 Å². The van der Waals surface area contributed by atoms with Crippen LogP contribution >= 0.6 is 11.6 Å². The summed E-state index contributed by atoms with van der Waals surface area (Å²) in [6, 6.07) is 7.80. The average molecular weight is 376 g/mol. The Labute approximate surface area is 157 Å². The number of carbonyl (C=O) groups excluding carboxylic acids is 1. The van der Waals surface area contributed by atoms with Gasteiger partial charge in [-0.2, -0.15) is 4.98 Å². The molecular formula is C18H22ClN5O2. The molecule has 0 spiro atoms. The molecule has 1 aliphatic heterocycles. The second-order valence-electron chi connectivity index (χ2n) is 6.91. The smallest absolute Gasteiger partial charge is 0.241 e. The molecular weight excluding hydrogens is 354 g/mol. The zero-order chi connectivity index (χ0) is 17.9. The molecule has 26 heavy (non-hydrogen) atoms. The molecule has 4 rings (SSSR count). The van der Waals surface area contributed by atoms with Crippen molar-refractivity contribution in [1.82, 2.24) is 25.3 Å². The van der Waals surface area contributed by atoms with E-state index in [-0.39, 0.29) is 5.91 Å². The van der Waals surface area contributed by atoms with Crippen molar-refractivity contribution in [2.45, 2.75) is 25.4 Å². The van der Waals surface area contributed by atoms with Crippen molar-refractivity contribution in [3.63, 3.8) is 0 Å². The summed E-state index contributed by atoms with van der Waals surface area (Å²) in [5, 5.41) is 7.77. The highest BCUT2D eigenvalue weighted by molar-refractivity contribution is 6.30. The van der Waals surface area contributed by atoms with E-state index in [9.17, 15) is 4.79 Å². The number of hydrogen-bond donors (Lipinski definition) is 1. The molecule has 8 heteroatoms. The summed E-state index contributed by atoms with van der Waals surface area (Å²) < 4.78 is 5.38. The molecule has 0 unspecified atom stereocenters. The number of nitrogens with one attached hydrogen (secondary N) is 1. The first-order valence-corrected chi connectivity index (χ1v) is 9.36. The summed E-state index contributed by atoms with van der Waals surface area (Å²) in [5.74, 6) is 1.33. The van der Waals surface area contributed by atoms with Gasteiger partial charge < -0.3 is 9.84 Å². The molecule has 2 heterocycles. The topological polar surface area (TPSA) is 74.5 Å². The molecule has 138 valence electrons. The lowest BCUT2D eigenvalue weighted by Crippen LogP contribution is -2.49. The van der Waals surface area contributed by atoms with Crippen LogP contribution in [-0.2, 0) is 11.3 Å². The third kappa shape index (κ3) is 4.60. The van der Waals surface area contributed by atoms with Crippen LogP contribution < -0.4 is 5.32 Å². The largest absolute Gasteiger partial charge is 0.352 e. The molecule has 2 fully saturated rings. The summed E-state index contributed by atoms with van der Waals surface area (Å²) >= 11 is 5.90. The van der Waals surface area contributed by atoms with E-state index in [2.05, 4.69) is 25.3 Å². The summed E-state index contributed by atoms with van der Waals surface area (Å²) in [7, 11) is 0. The van der Waals surface area contributed by atoms with Crippen LogP contribution in [0.5, 0.6) is 0 Å². The van der Waals surface area contributed by atoms with Crippen LogP contribution in [0.4, 0.5) is 0 Å². The third-order valence-corrected chi connectivity index (χ3v) is 4.96. The van der Waals surface area contributed by atoms with E-state index in [1.807, 2.05) is 24.3 Å². The van der Waals surface area contributed by atoms with Crippen molar-refractivity contribution in [2.75, 3.05) is 32.7 Å². The first-order chi connectivity index (χ1) is 12.7. The quantitative estimate of drug-likeness (QED) is 0.829. The first-order valence-electron chi connectivity index (χ1n) is 8.98. The predicted molar refractivity (Wildman–Crippen MR) is 97.6 cm³/mol. The molecule has 7 nitrogen and oxygen atoms in total. The third-order valence-electron chi connectivity index (χ3n) is 4.70. The zero-order valence-electron chi connectivity index (χ0n) is 14.5. The van der Waals surface area contributed by atoms with Crippen LogP contribution in [0.25, 0.3) is 11.4 Å². The Kier molecular flexibility index (Phi) is 5.19. The second-order valence-corrected chi connectivity index (χ2v) is 7.35. The predicted octanol–water partition coefficient (Wildman–Crippen LogP) is 1.79. The maximum absolute atomic E-state index is 11.9. The van der Waals surface area contributed by atoms with Gasteiger partial charge in [0.2, 0.25) is 17.6 Å². The van der Waals surface area contributed by atoms with Crippen LogP contribution in [0.15, 0.2) is 28.8 Å². The molecule has 1 N–H and O–H groups in total. The van der Waals surface area contributed by atoms with Crippen LogP contribution in [-0.4, -0.2) is 64.6 Å². The minimum absolute atomic E-state index is 0.144. The number of benzene rings is 1. The summed E-state index contributed by atoms with van der Waals surface area (Å²) in [4.78, 5) is 20.8.